The molecule has 1 aromatic heterocycles. The monoisotopic (exact) mass is 692 g/mol. The number of hydrogen-bond donors (Lipinski definition) is 1. The summed E-state index contributed by atoms with van der Waals surface area (Å²) in [7, 11) is -1.40. The Morgan fingerprint density at radius 3 is 2.35 bits per heavy atom. The maximum absolute atomic E-state index is 14.0. The first-order valence-electron chi connectivity index (χ1n) is 14.7. The zero-order chi connectivity index (χ0) is 34.6. The number of benzene rings is 3. The number of methoxy groups -OCH3 is 1. The number of sulfonamides is 1. The Morgan fingerprint density at radius 1 is 1.06 bits per heavy atom. The molecule has 1 aliphatic rings. The van der Waals surface area contributed by atoms with Crippen LogP contribution in [-0.4, -0.2) is 56.0 Å². The van der Waals surface area contributed by atoms with Gasteiger partial charge in [0.1, 0.15) is 25.4 Å². The predicted octanol–water partition coefficient (Wildman–Crippen LogP) is 2.38. The van der Waals surface area contributed by atoms with Crippen LogP contribution in [0.5, 0.6) is 5.75 Å². The number of thiocarbonyl (C=S) groups is 1. The fourth-order valence-corrected chi connectivity index (χ4v) is 6.25. The number of ether oxygens (including phenoxy) is 2. The molecule has 16 heteroatoms. The number of aryl methyl sites for hydroxylation is 2. The van der Waals surface area contributed by atoms with E-state index in [0.29, 0.717) is 29.3 Å². The molecule has 0 aliphatic carbocycles. The van der Waals surface area contributed by atoms with Gasteiger partial charge < -0.3 is 24.2 Å². The van der Waals surface area contributed by atoms with Crippen LogP contribution >= 0.6 is 12.2 Å². The Hall–Kier alpha value is -5.35. The van der Waals surface area contributed by atoms with E-state index in [9.17, 15) is 22.8 Å². The summed E-state index contributed by atoms with van der Waals surface area (Å²) in [6.45, 7) is 3.97. The van der Waals surface area contributed by atoms with Crippen LogP contribution in [0, 0.1) is 6.92 Å². The van der Waals surface area contributed by atoms with E-state index in [1.165, 1.54) is 65.0 Å². The van der Waals surface area contributed by atoms with Gasteiger partial charge in [0, 0.05) is 5.69 Å². The molecule has 1 fully saturated rings. The first-order chi connectivity index (χ1) is 22.9. The van der Waals surface area contributed by atoms with E-state index in [2.05, 4.69) is 15.0 Å². The van der Waals surface area contributed by atoms with Crippen molar-refractivity contribution in [3.63, 3.8) is 0 Å². The SMILES string of the molecule is CCOc1ccc(N2C(=O)C(CC(=O)Nc3ccc(C(=O)OC)cc3)N(Cc3/c(=N/S(=O)(=O)c4ccc(C)cc4)o[n-][n+]3C)C2=S)cc1. The molecule has 1 atom stereocenters. The fraction of sp³-hybridized carbons (Fsp3) is 0.250. The summed E-state index contributed by atoms with van der Waals surface area (Å²) in [5.74, 6) is -0.919. The Kier molecular flexibility index (Phi) is 10.0. The number of carbonyl (C=O) groups excluding carboxylic acids is 3. The van der Waals surface area contributed by atoms with Gasteiger partial charge in [-0.05, 0) is 86.7 Å². The molecule has 2 heterocycles. The normalized spacial score (nSPS) is 15.2. The van der Waals surface area contributed by atoms with Crippen molar-refractivity contribution in [3.8, 4) is 5.75 Å². The molecule has 1 N–H and O–H groups in total. The van der Waals surface area contributed by atoms with Crippen molar-refractivity contribution in [2.45, 2.75) is 37.8 Å². The smallest absolute Gasteiger partial charge is 0.337 e. The minimum absolute atomic E-state index is 0.0409. The number of esters is 1. The highest BCUT2D eigenvalue weighted by molar-refractivity contribution is 7.90. The second-order valence-electron chi connectivity index (χ2n) is 10.7. The summed E-state index contributed by atoms with van der Waals surface area (Å²) in [6.07, 6.45) is -0.325. The van der Waals surface area contributed by atoms with E-state index in [1.807, 2.05) is 13.8 Å². The lowest BCUT2D eigenvalue weighted by molar-refractivity contribution is -0.752. The van der Waals surface area contributed by atoms with Gasteiger partial charge in [0.25, 0.3) is 27.2 Å². The zero-order valence-corrected chi connectivity index (χ0v) is 28.1. The minimum Gasteiger partial charge on any atom is -0.494 e. The lowest BCUT2D eigenvalue weighted by atomic mass is 10.1. The number of aromatic nitrogens is 2. The largest absolute Gasteiger partial charge is 0.494 e. The van der Waals surface area contributed by atoms with Crippen molar-refractivity contribution in [3.05, 3.63) is 95.2 Å². The van der Waals surface area contributed by atoms with E-state index in [-0.39, 0.29) is 34.2 Å². The van der Waals surface area contributed by atoms with Crippen LogP contribution in [0.1, 0.15) is 35.0 Å². The van der Waals surface area contributed by atoms with Crippen LogP contribution < -0.4 is 30.5 Å². The minimum atomic E-state index is -4.19. The molecule has 1 saturated heterocycles. The standard InChI is InChI=1S/C32H32N6O8S2/c1-5-45-24-14-12-23(13-15-24)38-30(40)26(18-28(39)33-22-10-8-21(9-11-22)31(41)44-4)37(32(38)47)19-27-29(46-35-36(27)3)34-48(42,43)25-16-6-20(2)7-17-25/h6-17,26H,5,18-19H2,1-4H3,(H,33,39)/b34-29-. The molecule has 1 unspecified atom stereocenters. The average molecular weight is 693 g/mol. The first-order valence-corrected chi connectivity index (χ1v) is 16.5. The maximum Gasteiger partial charge on any atom is 0.337 e. The van der Waals surface area contributed by atoms with Crippen LogP contribution in [0.4, 0.5) is 11.4 Å². The number of nitrogens with zero attached hydrogens (tertiary/aromatic N) is 5. The molecule has 1 aliphatic heterocycles. The fourth-order valence-electron chi connectivity index (χ4n) is 4.92. The van der Waals surface area contributed by atoms with E-state index >= 15 is 0 Å². The number of hydrogen-bond acceptors (Lipinski definition) is 9. The Morgan fingerprint density at radius 2 is 1.73 bits per heavy atom. The molecule has 4 aromatic rings. The number of nitrogens with one attached hydrogen (secondary N) is 1. The highest BCUT2D eigenvalue weighted by Gasteiger charge is 2.45. The quantitative estimate of drug-likeness (QED) is 0.139. The van der Waals surface area contributed by atoms with Crippen LogP contribution in [0.2, 0.25) is 0 Å². The summed E-state index contributed by atoms with van der Waals surface area (Å²) >= 11 is 5.79. The Labute approximate surface area is 281 Å². The van der Waals surface area contributed by atoms with E-state index in [1.54, 1.807) is 36.4 Å². The van der Waals surface area contributed by atoms with Crippen LogP contribution in [0.15, 0.2) is 86.6 Å². The summed E-state index contributed by atoms with van der Waals surface area (Å²) in [6, 6.07) is 17.9. The molecule has 0 radical (unpaired) electrons. The van der Waals surface area contributed by atoms with Crippen molar-refractivity contribution in [2.24, 2.45) is 11.4 Å². The molecule has 0 bridgehead atoms. The molecular weight excluding hydrogens is 661 g/mol. The lowest BCUT2D eigenvalue weighted by Crippen LogP contribution is -2.45. The second kappa shape index (κ2) is 14.2. The molecule has 0 saturated carbocycles. The third kappa shape index (κ3) is 7.29. The topological polar surface area (TPSA) is 166 Å². The van der Waals surface area contributed by atoms with Crippen LogP contribution in [0.25, 0.3) is 0 Å². The third-order valence-corrected chi connectivity index (χ3v) is 9.11. The second-order valence-corrected chi connectivity index (χ2v) is 12.6. The van der Waals surface area contributed by atoms with Gasteiger partial charge in [0.05, 0.1) is 36.3 Å². The van der Waals surface area contributed by atoms with Crippen molar-refractivity contribution < 1.29 is 41.5 Å². The Bertz CT molecular complexity index is 2020. The summed E-state index contributed by atoms with van der Waals surface area (Å²) in [5, 5.41) is 6.66. The molecular formula is C32H32N6O8S2. The van der Waals surface area contributed by atoms with Gasteiger partial charge in [0.15, 0.2) is 5.11 Å². The van der Waals surface area contributed by atoms with E-state index in [0.717, 1.165) is 5.56 Å². The maximum atomic E-state index is 14.0. The molecule has 2 amide bonds. The van der Waals surface area contributed by atoms with E-state index in [4.69, 9.17) is 26.2 Å². The first kappa shape index (κ1) is 34.0. The third-order valence-electron chi connectivity index (χ3n) is 7.42. The van der Waals surface area contributed by atoms with Gasteiger partial charge in [-0.1, -0.05) is 17.7 Å². The van der Waals surface area contributed by atoms with E-state index < -0.39 is 33.8 Å². The average Bonchev–Trinajstić information content (AvgIpc) is 3.51. The van der Waals surface area contributed by atoms with Crippen LogP contribution in [0.3, 0.4) is 0 Å². The van der Waals surface area contributed by atoms with Gasteiger partial charge in [-0.25, -0.2) is 9.48 Å². The van der Waals surface area contributed by atoms with Gasteiger partial charge >= 0.3 is 5.97 Å². The van der Waals surface area contributed by atoms with Crippen molar-refractivity contribution in [2.75, 3.05) is 23.9 Å². The van der Waals surface area contributed by atoms with Crippen molar-refractivity contribution in [1.82, 2.24) is 10.2 Å². The molecule has 5 rings (SSSR count). The molecule has 3 aromatic carbocycles. The van der Waals surface area contributed by atoms with Gasteiger partial charge in [-0.3, -0.25) is 19.8 Å². The number of anilines is 2. The zero-order valence-electron chi connectivity index (χ0n) is 26.4. The Balaban J connectivity index is 1.47. The molecule has 0 spiro atoms. The molecule has 14 nitrogen and oxygen atoms in total. The van der Waals surface area contributed by atoms with Crippen molar-refractivity contribution >= 4 is 56.5 Å². The lowest BCUT2D eigenvalue weighted by Gasteiger charge is -2.22. The number of rotatable bonds is 11. The van der Waals surface area contributed by atoms with Gasteiger partial charge in [-0.15, -0.1) is 4.40 Å². The summed E-state index contributed by atoms with van der Waals surface area (Å²) < 4.78 is 47.0. The van der Waals surface area contributed by atoms with Gasteiger partial charge in [0.2, 0.25) is 5.91 Å². The number of amides is 2. The molecule has 250 valence electrons. The van der Waals surface area contributed by atoms with Gasteiger partial charge in [-0.2, -0.15) is 8.42 Å². The summed E-state index contributed by atoms with van der Waals surface area (Å²) in [5.41, 5.74) is 1.90. The van der Waals surface area contributed by atoms with Crippen LogP contribution in [-0.2, 0) is 37.9 Å². The summed E-state index contributed by atoms with van der Waals surface area (Å²) in [4.78, 5) is 41.9. The van der Waals surface area contributed by atoms with Crippen molar-refractivity contribution in [1.29, 1.82) is 0 Å². The predicted molar refractivity (Wildman–Crippen MR) is 175 cm³/mol. The highest BCUT2D eigenvalue weighted by Crippen LogP contribution is 2.30. The molecule has 48 heavy (non-hydrogen) atoms. The number of carbonyl (C=O) groups is 3. The highest BCUT2D eigenvalue weighted by atomic mass is 32.2.